The van der Waals surface area contributed by atoms with E-state index >= 15 is 0 Å². The van der Waals surface area contributed by atoms with Crippen LogP contribution in [-0.4, -0.2) is 56.7 Å². The van der Waals surface area contributed by atoms with Crippen LogP contribution in [0.5, 0.6) is 0 Å². The molecule has 0 radical (unpaired) electrons. The van der Waals surface area contributed by atoms with Crippen LogP contribution in [0, 0.1) is 12.7 Å². The second-order valence-electron chi connectivity index (χ2n) is 7.76. The Hall–Kier alpha value is -2.74. The number of ether oxygens (including phenoxy) is 1. The molecule has 5 rings (SSSR count). The summed E-state index contributed by atoms with van der Waals surface area (Å²) in [6, 6.07) is 8.80. The maximum Gasteiger partial charge on any atom is 0.141 e. The second kappa shape index (κ2) is 8.42. The van der Waals surface area contributed by atoms with E-state index in [0.29, 0.717) is 0 Å². The lowest BCUT2D eigenvalue weighted by Crippen LogP contribution is -2.38. The summed E-state index contributed by atoms with van der Waals surface area (Å²) < 4.78 is 23.5. The summed E-state index contributed by atoms with van der Waals surface area (Å²) in [7, 11) is 0. The maximum absolute atomic E-state index is 13.8. The van der Waals surface area contributed by atoms with Gasteiger partial charge in [-0.05, 0) is 37.3 Å². The van der Waals surface area contributed by atoms with Gasteiger partial charge in [0.15, 0.2) is 0 Å². The first-order valence-corrected chi connectivity index (χ1v) is 10.7. The predicted molar refractivity (Wildman–Crippen MR) is 119 cm³/mol. The van der Waals surface area contributed by atoms with Gasteiger partial charge in [0.2, 0.25) is 0 Å². The lowest BCUT2D eigenvalue weighted by molar-refractivity contribution is 0.0364. The van der Waals surface area contributed by atoms with Gasteiger partial charge >= 0.3 is 0 Å². The SMILES string of the molecule is Cc1cnc2ccc(-c3c(-c4ccc(F)c(Cl)c4)ncn3CCN3CCOCC3)cn12. The van der Waals surface area contributed by atoms with Gasteiger partial charge in [-0.1, -0.05) is 11.6 Å². The predicted octanol–water partition coefficient (Wildman–Crippen LogP) is 4.30. The fraction of sp³-hybridized carbons (Fsp3) is 0.304. The van der Waals surface area contributed by atoms with Crippen LogP contribution in [-0.2, 0) is 11.3 Å². The molecule has 0 unspecified atom stereocenters. The Morgan fingerprint density at radius 3 is 2.68 bits per heavy atom. The zero-order valence-electron chi connectivity index (χ0n) is 17.3. The molecule has 160 valence electrons. The van der Waals surface area contributed by atoms with Crippen molar-refractivity contribution in [3.05, 3.63) is 65.6 Å². The summed E-state index contributed by atoms with van der Waals surface area (Å²) >= 11 is 6.08. The molecular formula is C23H23ClFN5O. The number of aromatic nitrogens is 4. The molecule has 0 spiro atoms. The average Bonchev–Trinajstić information content (AvgIpc) is 3.38. The quantitative estimate of drug-likeness (QED) is 0.465. The van der Waals surface area contributed by atoms with Gasteiger partial charge in [-0.3, -0.25) is 4.90 Å². The van der Waals surface area contributed by atoms with Crippen molar-refractivity contribution < 1.29 is 9.13 Å². The van der Waals surface area contributed by atoms with E-state index < -0.39 is 5.82 Å². The molecule has 8 heteroatoms. The molecule has 0 amide bonds. The summed E-state index contributed by atoms with van der Waals surface area (Å²) in [5.41, 5.74) is 5.51. The fourth-order valence-corrected chi connectivity index (χ4v) is 4.21. The molecular weight excluding hydrogens is 417 g/mol. The molecule has 1 aliphatic rings. The summed E-state index contributed by atoms with van der Waals surface area (Å²) in [5, 5.41) is 0.0900. The molecule has 31 heavy (non-hydrogen) atoms. The zero-order chi connectivity index (χ0) is 21.4. The van der Waals surface area contributed by atoms with Gasteiger partial charge < -0.3 is 13.7 Å². The van der Waals surface area contributed by atoms with Crippen LogP contribution in [0.4, 0.5) is 4.39 Å². The van der Waals surface area contributed by atoms with Crippen molar-refractivity contribution in [3.63, 3.8) is 0 Å². The molecule has 3 aromatic heterocycles. The van der Waals surface area contributed by atoms with Gasteiger partial charge in [-0.2, -0.15) is 0 Å². The van der Waals surface area contributed by atoms with E-state index in [-0.39, 0.29) is 5.02 Å². The Labute approximate surface area is 184 Å². The van der Waals surface area contributed by atoms with Crippen molar-refractivity contribution in [2.75, 3.05) is 32.8 Å². The van der Waals surface area contributed by atoms with Gasteiger partial charge in [0.05, 0.1) is 36.0 Å². The Kier molecular flexibility index (Phi) is 5.48. The van der Waals surface area contributed by atoms with E-state index in [1.54, 1.807) is 12.1 Å². The number of fused-ring (bicyclic) bond motifs is 1. The first-order chi connectivity index (χ1) is 15.1. The van der Waals surface area contributed by atoms with Crippen molar-refractivity contribution in [3.8, 4) is 22.5 Å². The van der Waals surface area contributed by atoms with E-state index in [1.807, 2.05) is 25.5 Å². The van der Waals surface area contributed by atoms with Gasteiger partial charge in [-0.15, -0.1) is 0 Å². The molecule has 1 fully saturated rings. The molecule has 0 bridgehead atoms. The Bertz CT molecular complexity index is 1230. The number of benzene rings is 1. The van der Waals surface area contributed by atoms with Crippen LogP contribution in [0.25, 0.3) is 28.2 Å². The minimum atomic E-state index is -0.436. The van der Waals surface area contributed by atoms with Crippen LogP contribution in [0.1, 0.15) is 5.69 Å². The molecule has 0 aliphatic carbocycles. The maximum atomic E-state index is 13.8. The fourth-order valence-electron chi connectivity index (χ4n) is 4.03. The smallest absolute Gasteiger partial charge is 0.141 e. The van der Waals surface area contributed by atoms with Gasteiger partial charge in [0.25, 0.3) is 0 Å². The zero-order valence-corrected chi connectivity index (χ0v) is 18.0. The highest BCUT2D eigenvalue weighted by Gasteiger charge is 2.18. The molecule has 1 aromatic carbocycles. The van der Waals surface area contributed by atoms with E-state index in [2.05, 4.69) is 31.1 Å². The molecule has 1 aliphatic heterocycles. The standard InChI is InChI=1S/C23H23ClFN5O/c1-16-13-26-21-5-3-18(14-30(16)21)23-22(17-2-4-20(25)19(24)12-17)27-15-29(23)7-6-28-8-10-31-11-9-28/h2-5,12-15H,6-11H2,1H3. The monoisotopic (exact) mass is 439 g/mol. The van der Waals surface area contributed by atoms with Crippen molar-refractivity contribution in [2.45, 2.75) is 13.5 Å². The minimum absolute atomic E-state index is 0.0900. The van der Waals surface area contributed by atoms with Gasteiger partial charge in [-0.25, -0.2) is 14.4 Å². The van der Waals surface area contributed by atoms with Gasteiger partial charge in [0.1, 0.15) is 11.5 Å². The molecule has 4 aromatic rings. The number of imidazole rings is 2. The third kappa shape index (κ3) is 3.96. The van der Waals surface area contributed by atoms with E-state index in [0.717, 1.165) is 73.2 Å². The summed E-state index contributed by atoms with van der Waals surface area (Å²) in [5.74, 6) is -0.436. The third-order valence-corrected chi connectivity index (χ3v) is 6.05. The van der Waals surface area contributed by atoms with Crippen molar-refractivity contribution in [1.82, 2.24) is 23.8 Å². The number of hydrogen-bond acceptors (Lipinski definition) is 4. The number of hydrogen-bond donors (Lipinski definition) is 0. The third-order valence-electron chi connectivity index (χ3n) is 5.76. The van der Waals surface area contributed by atoms with Crippen LogP contribution in [0.3, 0.4) is 0 Å². The van der Waals surface area contributed by atoms with E-state index in [1.165, 1.54) is 6.07 Å². The van der Waals surface area contributed by atoms with E-state index in [9.17, 15) is 4.39 Å². The number of aryl methyl sites for hydroxylation is 1. The van der Waals surface area contributed by atoms with Crippen LogP contribution < -0.4 is 0 Å². The van der Waals surface area contributed by atoms with Crippen molar-refractivity contribution in [2.24, 2.45) is 0 Å². The number of morpholine rings is 1. The summed E-state index contributed by atoms with van der Waals surface area (Å²) in [6.45, 7) is 7.13. The highest BCUT2D eigenvalue weighted by atomic mass is 35.5. The molecule has 0 saturated carbocycles. The molecule has 6 nitrogen and oxygen atoms in total. The first kappa shape index (κ1) is 20.2. The Morgan fingerprint density at radius 1 is 1.06 bits per heavy atom. The Balaban J connectivity index is 1.58. The van der Waals surface area contributed by atoms with Crippen molar-refractivity contribution in [1.29, 1.82) is 0 Å². The molecule has 1 saturated heterocycles. The number of pyridine rings is 1. The second-order valence-corrected chi connectivity index (χ2v) is 8.17. The molecule has 0 atom stereocenters. The van der Waals surface area contributed by atoms with Crippen LogP contribution in [0.2, 0.25) is 5.02 Å². The minimum Gasteiger partial charge on any atom is -0.379 e. The lowest BCUT2D eigenvalue weighted by Gasteiger charge is -2.26. The topological polar surface area (TPSA) is 47.6 Å². The highest BCUT2D eigenvalue weighted by molar-refractivity contribution is 6.31. The van der Waals surface area contributed by atoms with Crippen LogP contribution >= 0.6 is 11.6 Å². The van der Waals surface area contributed by atoms with E-state index in [4.69, 9.17) is 21.3 Å². The number of nitrogens with zero attached hydrogens (tertiary/aromatic N) is 5. The lowest BCUT2D eigenvalue weighted by atomic mass is 10.1. The highest BCUT2D eigenvalue weighted by Crippen LogP contribution is 2.33. The van der Waals surface area contributed by atoms with Crippen LogP contribution in [0.15, 0.2) is 49.1 Å². The Morgan fingerprint density at radius 2 is 1.87 bits per heavy atom. The van der Waals surface area contributed by atoms with Gasteiger partial charge in [0, 0.05) is 55.4 Å². The normalized spacial score (nSPS) is 15.1. The van der Waals surface area contributed by atoms with Crippen molar-refractivity contribution >= 4 is 17.2 Å². The average molecular weight is 440 g/mol. The number of halogens is 2. The number of rotatable bonds is 5. The summed E-state index contributed by atoms with van der Waals surface area (Å²) in [4.78, 5) is 11.5. The molecule has 0 N–H and O–H groups in total. The first-order valence-electron chi connectivity index (χ1n) is 10.3. The largest absolute Gasteiger partial charge is 0.379 e. The molecule has 4 heterocycles. The summed E-state index contributed by atoms with van der Waals surface area (Å²) in [6.07, 6.45) is 5.79.